The summed E-state index contributed by atoms with van der Waals surface area (Å²) in [6.07, 6.45) is 0.906. The Labute approximate surface area is 123 Å². The SMILES string of the molecule is COc1ccc(Cl)cc1C[NH2+]CCc1ccc(F)cc1. The van der Waals surface area contributed by atoms with Crippen LogP contribution >= 0.6 is 11.6 Å². The van der Waals surface area contributed by atoms with Crippen LogP contribution in [-0.2, 0) is 13.0 Å². The number of nitrogens with two attached hydrogens (primary N) is 1. The first kappa shape index (κ1) is 14.8. The summed E-state index contributed by atoms with van der Waals surface area (Å²) in [6.45, 7) is 1.74. The van der Waals surface area contributed by atoms with Crippen LogP contribution in [0.2, 0.25) is 5.02 Å². The predicted molar refractivity (Wildman–Crippen MR) is 78.6 cm³/mol. The van der Waals surface area contributed by atoms with E-state index in [4.69, 9.17) is 16.3 Å². The van der Waals surface area contributed by atoms with Gasteiger partial charge in [0.25, 0.3) is 0 Å². The fraction of sp³-hybridized carbons (Fsp3) is 0.250. The third kappa shape index (κ3) is 4.22. The molecule has 20 heavy (non-hydrogen) atoms. The molecular weight excluding hydrogens is 277 g/mol. The molecule has 0 atom stereocenters. The first-order valence-corrected chi connectivity index (χ1v) is 6.95. The zero-order valence-electron chi connectivity index (χ0n) is 11.4. The molecule has 0 aliphatic carbocycles. The highest BCUT2D eigenvalue weighted by molar-refractivity contribution is 6.30. The molecule has 0 radical (unpaired) electrons. The molecule has 0 saturated carbocycles. The van der Waals surface area contributed by atoms with Gasteiger partial charge in [0.15, 0.2) is 0 Å². The summed E-state index contributed by atoms with van der Waals surface area (Å²) in [5, 5.41) is 2.91. The van der Waals surface area contributed by atoms with E-state index in [0.717, 1.165) is 36.4 Å². The van der Waals surface area contributed by atoms with Crippen molar-refractivity contribution in [1.29, 1.82) is 0 Å². The van der Waals surface area contributed by atoms with Crippen LogP contribution in [0.4, 0.5) is 4.39 Å². The largest absolute Gasteiger partial charge is 0.496 e. The van der Waals surface area contributed by atoms with Gasteiger partial charge in [-0.1, -0.05) is 23.7 Å². The molecule has 0 saturated heterocycles. The Morgan fingerprint density at radius 3 is 2.60 bits per heavy atom. The topological polar surface area (TPSA) is 25.8 Å². The second kappa shape index (κ2) is 7.27. The lowest BCUT2D eigenvalue weighted by molar-refractivity contribution is -0.670. The van der Waals surface area contributed by atoms with Gasteiger partial charge in [0, 0.05) is 17.0 Å². The van der Waals surface area contributed by atoms with Crippen LogP contribution in [0.5, 0.6) is 5.75 Å². The first-order valence-electron chi connectivity index (χ1n) is 6.57. The van der Waals surface area contributed by atoms with Gasteiger partial charge in [0.1, 0.15) is 18.1 Å². The minimum Gasteiger partial charge on any atom is -0.496 e. The number of ether oxygens (including phenoxy) is 1. The fourth-order valence-corrected chi connectivity index (χ4v) is 2.28. The van der Waals surface area contributed by atoms with Crippen LogP contribution in [0.25, 0.3) is 0 Å². The summed E-state index contributed by atoms with van der Waals surface area (Å²) in [6, 6.07) is 12.3. The van der Waals surface area contributed by atoms with E-state index in [1.807, 2.05) is 30.3 Å². The summed E-state index contributed by atoms with van der Waals surface area (Å²) in [7, 11) is 1.66. The lowest BCUT2D eigenvalue weighted by atomic mass is 10.1. The second-order valence-corrected chi connectivity index (χ2v) is 5.05. The average molecular weight is 295 g/mol. The van der Waals surface area contributed by atoms with Crippen molar-refractivity contribution in [3.05, 3.63) is 64.4 Å². The molecule has 106 valence electrons. The smallest absolute Gasteiger partial charge is 0.127 e. The molecule has 0 heterocycles. The number of quaternary nitrogens is 1. The molecule has 0 unspecified atom stereocenters. The zero-order chi connectivity index (χ0) is 14.4. The van der Waals surface area contributed by atoms with Crippen molar-refractivity contribution in [2.24, 2.45) is 0 Å². The van der Waals surface area contributed by atoms with Gasteiger partial charge in [-0.3, -0.25) is 0 Å². The molecule has 0 aliphatic heterocycles. The van der Waals surface area contributed by atoms with Gasteiger partial charge in [0.2, 0.25) is 0 Å². The van der Waals surface area contributed by atoms with Crippen LogP contribution < -0.4 is 10.1 Å². The molecule has 2 rings (SSSR count). The molecular formula is C16H18ClFNO+. The Hall–Kier alpha value is -1.58. The number of methoxy groups -OCH3 is 1. The number of rotatable bonds is 6. The summed E-state index contributed by atoms with van der Waals surface area (Å²) in [5.74, 6) is 0.661. The zero-order valence-corrected chi connectivity index (χ0v) is 12.2. The third-order valence-electron chi connectivity index (χ3n) is 3.16. The Kier molecular flexibility index (Phi) is 5.39. The number of hydrogen-bond donors (Lipinski definition) is 1. The van der Waals surface area contributed by atoms with E-state index >= 15 is 0 Å². The Balaban J connectivity index is 1.84. The lowest BCUT2D eigenvalue weighted by Crippen LogP contribution is -2.83. The summed E-state index contributed by atoms with van der Waals surface area (Å²) < 4.78 is 18.1. The maximum Gasteiger partial charge on any atom is 0.127 e. The maximum atomic E-state index is 12.8. The molecule has 2 N–H and O–H groups in total. The summed E-state index contributed by atoms with van der Waals surface area (Å²) >= 11 is 5.99. The molecule has 4 heteroatoms. The second-order valence-electron chi connectivity index (χ2n) is 4.61. The maximum absolute atomic E-state index is 12.8. The van der Waals surface area contributed by atoms with Crippen LogP contribution in [-0.4, -0.2) is 13.7 Å². The fourth-order valence-electron chi connectivity index (χ4n) is 2.08. The van der Waals surface area contributed by atoms with E-state index < -0.39 is 0 Å². The number of benzene rings is 2. The van der Waals surface area contributed by atoms with E-state index in [9.17, 15) is 4.39 Å². The highest BCUT2D eigenvalue weighted by Crippen LogP contribution is 2.21. The molecule has 0 bridgehead atoms. The van der Waals surface area contributed by atoms with Gasteiger partial charge in [0.05, 0.1) is 13.7 Å². The van der Waals surface area contributed by atoms with Crippen molar-refractivity contribution in [2.75, 3.05) is 13.7 Å². The van der Waals surface area contributed by atoms with E-state index in [0.29, 0.717) is 5.02 Å². The third-order valence-corrected chi connectivity index (χ3v) is 3.39. The molecule has 0 aromatic heterocycles. The van der Waals surface area contributed by atoms with E-state index in [1.54, 1.807) is 7.11 Å². The Morgan fingerprint density at radius 1 is 1.15 bits per heavy atom. The molecule has 0 amide bonds. The molecule has 2 aromatic carbocycles. The summed E-state index contributed by atoms with van der Waals surface area (Å²) in [5.41, 5.74) is 2.22. The lowest BCUT2D eigenvalue weighted by Gasteiger charge is -2.08. The van der Waals surface area contributed by atoms with E-state index in [-0.39, 0.29) is 5.82 Å². The van der Waals surface area contributed by atoms with Crippen molar-refractivity contribution >= 4 is 11.6 Å². The van der Waals surface area contributed by atoms with Gasteiger partial charge in [-0.05, 0) is 35.9 Å². The predicted octanol–water partition coefficient (Wildman–Crippen LogP) is 2.79. The van der Waals surface area contributed by atoms with E-state index in [2.05, 4.69) is 5.32 Å². The Bertz CT molecular complexity index is 557. The quantitative estimate of drug-likeness (QED) is 0.815. The average Bonchev–Trinajstić information content (AvgIpc) is 2.46. The van der Waals surface area contributed by atoms with Gasteiger partial charge < -0.3 is 10.1 Å². The van der Waals surface area contributed by atoms with Gasteiger partial charge in [-0.15, -0.1) is 0 Å². The highest BCUT2D eigenvalue weighted by atomic mass is 35.5. The minimum atomic E-state index is -0.193. The van der Waals surface area contributed by atoms with Crippen LogP contribution in [0.3, 0.4) is 0 Å². The molecule has 0 spiro atoms. The molecule has 2 aromatic rings. The van der Waals surface area contributed by atoms with Gasteiger partial charge in [-0.2, -0.15) is 0 Å². The number of hydrogen-bond acceptors (Lipinski definition) is 1. The van der Waals surface area contributed by atoms with Crippen LogP contribution in [0, 0.1) is 5.82 Å². The molecule has 2 nitrogen and oxygen atoms in total. The minimum absolute atomic E-state index is 0.193. The normalized spacial score (nSPS) is 10.6. The number of halogens is 2. The van der Waals surface area contributed by atoms with Gasteiger partial charge >= 0.3 is 0 Å². The molecule has 0 aliphatic rings. The Morgan fingerprint density at radius 2 is 1.90 bits per heavy atom. The van der Waals surface area contributed by atoms with Crippen molar-refractivity contribution < 1.29 is 14.4 Å². The highest BCUT2D eigenvalue weighted by Gasteiger charge is 2.05. The van der Waals surface area contributed by atoms with Crippen LogP contribution in [0.1, 0.15) is 11.1 Å². The summed E-state index contributed by atoms with van der Waals surface area (Å²) in [4.78, 5) is 0. The van der Waals surface area contributed by atoms with Gasteiger partial charge in [-0.25, -0.2) is 4.39 Å². The molecule has 0 fully saturated rings. The standard InChI is InChI=1S/C16H17ClFNO/c1-20-16-7-4-14(17)10-13(16)11-19-9-8-12-2-5-15(18)6-3-12/h2-7,10,19H,8-9,11H2,1H3/p+1. The van der Waals surface area contributed by atoms with Crippen LogP contribution in [0.15, 0.2) is 42.5 Å². The van der Waals surface area contributed by atoms with Crippen molar-refractivity contribution in [3.8, 4) is 5.75 Å². The van der Waals surface area contributed by atoms with E-state index in [1.165, 1.54) is 12.1 Å². The monoisotopic (exact) mass is 294 g/mol. The first-order chi connectivity index (χ1) is 9.69. The van der Waals surface area contributed by atoms with Crippen molar-refractivity contribution in [1.82, 2.24) is 0 Å². The van der Waals surface area contributed by atoms with Crippen molar-refractivity contribution in [3.63, 3.8) is 0 Å². The van der Waals surface area contributed by atoms with Crippen molar-refractivity contribution in [2.45, 2.75) is 13.0 Å².